The van der Waals surface area contributed by atoms with E-state index in [-0.39, 0.29) is 24.7 Å². The maximum atomic E-state index is 11.2. The van der Waals surface area contributed by atoms with Crippen molar-refractivity contribution in [2.45, 2.75) is 77.1 Å². The fraction of sp³-hybridized carbons (Fsp3) is 0.536. The van der Waals surface area contributed by atoms with Crippen LogP contribution in [0.4, 0.5) is 0 Å². The summed E-state index contributed by atoms with van der Waals surface area (Å²) in [5, 5.41) is 12.2. The largest absolute Gasteiger partial charge is 0.392 e. The van der Waals surface area contributed by atoms with Gasteiger partial charge in [0.1, 0.15) is 0 Å². The number of hydrogen-bond acceptors (Lipinski definition) is 5. The Kier molecular flexibility index (Phi) is 9.11. The van der Waals surface area contributed by atoms with Crippen LogP contribution in [0.5, 0.6) is 0 Å². The molecule has 2 heterocycles. The van der Waals surface area contributed by atoms with Crippen molar-refractivity contribution in [1.82, 2.24) is 10.2 Å². The number of aliphatic hydroxyl groups is 1. The van der Waals surface area contributed by atoms with Gasteiger partial charge in [-0.05, 0) is 42.6 Å². The van der Waals surface area contributed by atoms with Crippen LogP contribution in [0.1, 0.15) is 80.1 Å². The number of rotatable bonds is 7. The molecule has 2 N–H and O–H groups in total. The van der Waals surface area contributed by atoms with E-state index in [1.807, 2.05) is 36.4 Å². The topological polar surface area (TPSA) is 71.0 Å². The number of hydrogen-bond donors (Lipinski definition) is 2. The Hall–Kier alpha value is -2.25. The van der Waals surface area contributed by atoms with Gasteiger partial charge in [-0.25, -0.2) is 0 Å². The van der Waals surface area contributed by atoms with Crippen LogP contribution < -0.4 is 5.32 Å². The number of aliphatic hydroxyl groups excluding tert-OH is 1. The van der Waals surface area contributed by atoms with E-state index in [1.54, 1.807) is 0 Å². The summed E-state index contributed by atoms with van der Waals surface area (Å²) in [4.78, 5) is 13.8. The number of carbonyl (C=O) groups excluding carboxylic acids is 1. The number of benzene rings is 2. The van der Waals surface area contributed by atoms with Gasteiger partial charge in [0.05, 0.1) is 18.8 Å². The van der Waals surface area contributed by atoms with Gasteiger partial charge in [0, 0.05) is 32.0 Å². The van der Waals surface area contributed by atoms with E-state index < -0.39 is 6.29 Å². The zero-order valence-corrected chi connectivity index (χ0v) is 20.2. The minimum atomic E-state index is -0.439. The monoisotopic (exact) mass is 466 g/mol. The minimum absolute atomic E-state index is 0.0369. The second-order valence-electron chi connectivity index (χ2n) is 9.57. The Morgan fingerprint density at radius 1 is 0.912 bits per heavy atom. The second kappa shape index (κ2) is 12.5. The Morgan fingerprint density at radius 3 is 2.18 bits per heavy atom. The molecule has 34 heavy (non-hydrogen) atoms. The average Bonchev–Trinajstić information content (AvgIpc) is 2.84. The van der Waals surface area contributed by atoms with Crippen molar-refractivity contribution >= 4 is 5.91 Å². The molecule has 2 fully saturated rings. The highest BCUT2D eigenvalue weighted by Crippen LogP contribution is 2.38. The third-order valence-corrected chi connectivity index (χ3v) is 6.82. The number of nitrogens with zero attached hydrogens (tertiary/aromatic N) is 1. The molecular formula is C28H38N2O4. The molecule has 0 aliphatic carbocycles. The molecule has 184 valence electrons. The fourth-order valence-electron chi connectivity index (χ4n) is 4.84. The molecule has 3 atom stereocenters. The molecule has 3 unspecified atom stereocenters. The maximum Gasteiger partial charge on any atom is 0.217 e. The molecule has 2 aliphatic heterocycles. The summed E-state index contributed by atoms with van der Waals surface area (Å²) in [7, 11) is 0. The van der Waals surface area contributed by atoms with Crippen LogP contribution in [0, 0.1) is 0 Å². The van der Waals surface area contributed by atoms with Crippen molar-refractivity contribution in [3.05, 3.63) is 70.8 Å². The molecule has 0 saturated carbocycles. The second-order valence-corrected chi connectivity index (χ2v) is 9.57. The van der Waals surface area contributed by atoms with Crippen LogP contribution in [-0.2, 0) is 27.4 Å². The zero-order valence-electron chi connectivity index (χ0n) is 20.2. The van der Waals surface area contributed by atoms with Crippen LogP contribution >= 0.6 is 0 Å². The van der Waals surface area contributed by atoms with Gasteiger partial charge in [0.25, 0.3) is 0 Å². The first-order valence-electron chi connectivity index (χ1n) is 12.7. The van der Waals surface area contributed by atoms with E-state index in [4.69, 9.17) is 9.47 Å². The molecule has 6 heteroatoms. The van der Waals surface area contributed by atoms with Crippen LogP contribution in [0.15, 0.2) is 48.5 Å². The van der Waals surface area contributed by atoms with Gasteiger partial charge in [-0.3, -0.25) is 4.79 Å². The first-order chi connectivity index (χ1) is 16.6. The molecule has 0 spiro atoms. The van der Waals surface area contributed by atoms with Crippen molar-refractivity contribution in [1.29, 1.82) is 0 Å². The van der Waals surface area contributed by atoms with Gasteiger partial charge in [-0.1, -0.05) is 67.8 Å². The van der Waals surface area contributed by atoms with Gasteiger partial charge in [-0.2, -0.15) is 0 Å². The molecule has 1 amide bonds. The predicted molar refractivity (Wildman–Crippen MR) is 132 cm³/mol. The quantitative estimate of drug-likeness (QED) is 0.623. The van der Waals surface area contributed by atoms with Crippen LogP contribution in [0.25, 0.3) is 0 Å². The summed E-state index contributed by atoms with van der Waals surface area (Å²) in [6, 6.07) is 16.2. The molecule has 2 aliphatic rings. The third-order valence-electron chi connectivity index (χ3n) is 6.82. The maximum absolute atomic E-state index is 11.2. The van der Waals surface area contributed by atoms with Crippen LogP contribution in [0.3, 0.4) is 0 Å². The highest BCUT2D eigenvalue weighted by Gasteiger charge is 2.33. The van der Waals surface area contributed by atoms with Crippen molar-refractivity contribution in [3.63, 3.8) is 0 Å². The molecule has 2 aromatic carbocycles. The summed E-state index contributed by atoms with van der Waals surface area (Å²) in [5.74, 6) is -0.0369. The minimum Gasteiger partial charge on any atom is -0.392 e. The Labute approximate surface area is 203 Å². The van der Waals surface area contributed by atoms with Crippen molar-refractivity contribution in [2.75, 3.05) is 19.6 Å². The normalized spacial score (nSPS) is 24.2. The molecule has 0 aromatic heterocycles. The van der Waals surface area contributed by atoms with Crippen LogP contribution in [0.2, 0.25) is 0 Å². The molecule has 0 bridgehead atoms. The van der Waals surface area contributed by atoms with E-state index in [9.17, 15) is 9.90 Å². The van der Waals surface area contributed by atoms with Crippen LogP contribution in [-0.4, -0.2) is 41.7 Å². The lowest BCUT2D eigenvalue weighted by Gasteiger charge is -2.38. The SMILES string of the molecule is CC(=O)NCc1ccc(C2OC(CN3CCCCCCC3)CC(c3ccc(CO)cc3)O2)cc1. The number of nitrogens with one attached hydrogen (secondary N) is 1. The molecule has 0 radical (unpaired) electrons. The van der Waals surface area contributed by atoms with Gasteiger partial charge < -0.3 is 24.8 Å². The number of ether oxygens (including phenoxy) is 2. The first kappa shape index (κ1) is 24.9. The van der Waals surface area contributed by atoms with E-state index in [1.165, 1.54) is 39.0 Å². The lowest BCUT2D eigenvalue weighted by atomic mass is 9.99. The Bertz CT molecular complexity index is 892. The Balaban J connectivity index is 1.49. The van der Waals surface area contributed by atoms with Crippen molar-refractivity contribution in [3.8, 4) is 0 Å². The highest BCUT2D eigenvalue weighted by molar-refractivity contribution is 5.72. The summed E-state index contributed by atoms with van der Waals surface area (Å²) < 4.78 is 13.0. The Morgan fingerprint density at radius 2 is 1.53 bits per heavy atom. The summed E-state index contributed by atoms with van der Waals surface area (Å²) >= 11 is 0. The lowest BCUT2D eigenvalue weighted by Crippen LogP contribution is -2.40. The van der Waals surface area contributed by atoms with E-state index in [0.29, 0.717) is 6.54 Å². The summed E-state index contributed by atoms with van der Waals surface area (Å²) in [5.41, 5.74) is 4.05. The zero-order chi connectivity index (χ0) is 23.8. The van der Waals surface area contributed by atoms with Gasteiger partial charge in [-0.15, -0.1) is 0 Å². The lowest BCUT2D eigenvalue weighted by molar-refractivity contribution is -0.253. The molecule has 4 rings (SSSR count). The molecule has 2 aromatic rings. The van der Waals surface area contributed by atoms with E-state index >= 15 is 0 Å². The highest BCUT2D eigenvalue weighted by atomic mass is 16.7. The molecule has 2 saturated heterocycles. The van der Waals surface area contributed by atoms with Crippen molar-refractivity contribution in [2.24, 2.45) is 0 Å². The summed E-state index contributed by atoms with van der Waals surface area (Å²) in [6.07, 6.45) is 6.90. The van der Waals surface area contributed by atoms with Gasteiger partial charge >= 0.3 is 0 Å². The fourth-order valence-corrected chi connectivity index (χ4v) is 4.84. The summed E-state index contributed by atoms with van der Waals surface area (Å²) in [6.45, 7) is 5.28. The number of likely N-dealkylation sites (tertiary alicyclic amines) is 1. The van der Waals surface area contributed by atoms with Crippen molar-refractivity contribution < 1.29 is 19.4 Å². The first-order valence-corrected chi connectivity index (χ1v) is 12.7. The number of carbonyl (C=O) groups is 1. The van der Waals surface area contributed by atoms with Gasteiger partial charge in [0.2, 0.25) is 5.91 Å². The molecule has 6 nitrogen and oxygen atoms in total. The average molecular weight is 467 g/mol. The van der Waals surface area contributed by atoms with E-state index in [0.717, 1.165) is 48.3 Å². The predicted octanol–water partition coefficient (Wildman–Crippen LogP) is 4.63. The van der Waals surface area contributed by atoms with E-state index in [2.05, 4.69) is 22.3 Å². The molecular weight excluding hydrogens is 428 g/mol. The number of amides is 1. The van der Waals surface area contributed by atoms with Gasteiger partial charge in [0.15, 0.2) is 6.29 Å². The third kappa shape index (κ3) is 7.12. The smallest absolute Gasteiger partial charge is 0.217 e. The standard InChI is InChI=1S/C28H38N2O4/c1-21(32)29-18-22-7-13-25(14-8-22)28-33-26(19-30-15-5-3-2-4-6-16-30)17-27(34-28)24-11-9-23(20-31)10-12-24/h7-14,26-28,31H,2-6,15-20H2,1H3,(H,29,32).